The molecule has 0 unspecified atom stereocenters. The van der Waals surface area contributed by atoms with Crippen LogP contribution >= 0.6 is 11.3 Å². The predicted molar refractivity (Wildman–Crippen MR) is 106 cm³/mol. The number of rotatable bonds is 6. The first-order valence-corrected chi connectivity index (χ1v) is 9.80. The van der Waals surface area contributed by atoms with Crippen molar-refractivity contribution in [2.24, 2.45) is 0 Å². The molecule has 1 aliphatic rings. The van der Waals surface area contributed by atoms with Crippen molar-refractivity contribution in [1.29, 1.82) is 0 Å². The molecule has 0 bridgehead atoms. The second-order valence-electron chi connectivity index (χ2n) is 6.66. The van der Waals surface area contributed by atoms with Crippen molar-refractivity contribution in [3.63, 3.8) is 0 Å². The number of amides is 1. The molecule has 1 saturated carbocycles. The third kappa shape index (κ3) is 3.85. The van der Waals surface area contributed by atoms with Gasteiger partial charge >= 0.3 is 0 Å². The van der Waals surface area contributed by atoms with Crippen LogP contribution in [0.15, 0.2) is 48.7 Å². The van der Waals surface area contributed by atoms with Crippen LogP contribution in [0.1, 0.15) is 33.8 Å². The number of thiazole rings is 1. The van der Waals surface area contributed by atoms with E-state index < -0.39 is 0 Å². The zero-order valence-corrected chi connectivity index (χ0v) is 16.2. The maximum absolute atomic E-state index is 13.3. The maximum Gasteiger partial charge on any atom is 0.266 e. The second kappa shape index (κ2) is 7.48. The molecule has 2 aromatic heterocycles. The summed E-state index contributed by atoms with van der Waals surface area (Å²) < 4.78 is 5.22. The number of ether oxygens (including phenoxy) is 1. The first-order valence-electron chi connectivity index (χ1n) is 8.98. The zero-order valence-electron chi connectivity index (χ0n) is 15.4. The van der Waals surface area contributed by atoms with E-state index in [4.69, 9.17) is 4.74 Å². The monoisotopic (exact) mass is 379 g/mol. The number of carbonyl (C=O) groups is 1. The quantitative estimate of drug-likeness (QED) is 0.640. The predicted octanol–water partition coefficient (Wildman–Crippen LogP) is 4.33. The fourth-order valence-electron chi connectivity index (χ4n) is 3.00. The van der Waals surface area contributed by atoms with Crippen LogP contribution in [0.25, 0.3) is 10.7 Å². The number of methoxy groups -OCH3 is 1. The summed E-state index contributed by atoms with van der Waals surface area (Å²) in [5.41, 5.74) is 2.67. The highest BCUT2D eigenvalue weighted by Crippen LogP contribution is 2.33. The van der Waals surface area contributed by atoms with Gasteiger partial charge in [-0.1, -0.05) is 18.2 Å². The van der Waals surface area contributed by atoms with E-state index in [2.05, 4.69) is 9.97 Å². The Hall–Kier alpha value is -2.73. The van der Waals surface area contributed by atoms with Crippen molar-refractivity contribution in [2.75, 3.05) is 7.11 Å². The molecule has 1 aliphatic carbocycles. The molecule has 0 N–H and O–H groups in total. The highest BCUT2D eigenvalue weighted by atomic mass is 32.1. The summed E-state index contributed by atoms with van der Waals surface area (Å²) in [7, 11) is 1.65. The Balaban J connectivity index is 1.58. The Morgan fingerprint density at radius 3 is 2.63 bits per heavy atom. The second-order valence-corrected chi connectivity index (χ2v) is 7.66. The first-order chi connectivity index (χ1) is 13.2. The van der Waals surface area contributed by atoms with Crippen LogP contribution in [0.3, 0.4) is 0 Å². The van der Waals surface area contributed by atoms with Crippen molar-refractivity contribution in [3.8, 4) is 16.5 Å². The SMILES string of the molecule is COc1ccc(CN(C(=O)c2sc(-c3ccccn3)nc2C)C2CC2)cc1. The van der Waals surface area contributed by atoms with Gasteiger partial charge in [0.25, 0.3) is 5.91 Å². The summed E-state index contributed by atoms with van der Waals surface area (Å²) in [5.74, 6) is 0.881. The molecule has 1 amide bonds. The Bertz CT molecular complexity index is 934. The van der Waals surface area contributed by atoms with E-state index in [1.807, 2.05) is 54.3 Å². The van der Waals surface area contributed by atoms with Crippen LogP contribution < -0.4 is 4.74 Å². The summed E-state index contributed by atoms with van der Waals surface area (Å²) in [5, 5.41) is 0.789. The molecule has 0 saturated heterocycles. The topological polar surface area (TPSA) is 55.3 Å². The molecule has 0 spiro atoms. The van der Waals surface area contributed by atoms with E-state index >= 15 is 0 Å². The lowest BCUT2D eigenvalue weighted by atomic mass is 10.2. The normalized spacial score (nSPS) is 13.4. The van der Waals surface area contributed by atoms with Crippen molar-refractivity contribution in [3.05, 3.63) is 64.8 Å². The van der Waals surface area contributed by atoms with Crippen LogP contribution in [-0.2, 0) is 6.54 Å². The summed E-state index contributed by atoms with van der Waals surface area (Å²) >= 11 is 1.43. The molecule has 3 aromatic rings. The van der Waals surface area contributed by atoms with Crippen molar-refractivity contribution >= 4 is 17.2 Å². The summed E-state index contributed by atoms with van der Waals surface area (Å²) in [6.45, 7) is 2.50. The van der Waals surface area contributed by atoms with Crippen LogP contribution in [0.4, 0.5) is 0 Å². The Morgan fingerprint density at radius 2 is 2.00 bits per heavy atom. The number of nitrogens with zero attached hydrogens (tertiary/aromatic N) is 3. The molecule has 2 heterocycles. The number of pyridine rings is 1. The molecule has 0 aliphatic heterocycles. The van der Waals surface area contributed by atoms with Gasteiger partial charge in [0.05, 0.1) is 18.5 Å². The average Bonchev–Trinajstić information content (AvgIpc) is 3.48. The third-order valence-corrected chi connectivity index (χ3v) is 5.80. The van der Waals surface area contributed by atoms with Gasteiger partial charge < -0.3 is 9.64 Å². The third-order valence-electron chi connectivity index (χ3n) is 4.64. The summed E-state index contributed by atoms with van der Waals surface area (Å²) in [4.78, 5) is 24.9. The summed E-state index contributed by atoms with van der Waals surface area (Å²) in [6, 6.07) is 13.9. The van der Waals surface area contributed by atoms with Gasteiger partial charge in [0, 0.05) is 18.8 Å². The minimum absolute atomic E-state index is 0.0606. The Morgan fingerprint density at radius 1 is 1.22 bits per heavy atom. The van der Waals surface area contributed by atoms with Gasteiger partial charge in [-0.05, 0) is 49.6 Å². The van der Waals surface area contributed by atoms with Crippen molar-refractivity contribution < 1.29 is 9.53 Å². The highest BCUT2D eigenvalue weighted by Gasteiger charge is 2.34. The van der Waals surface area contributed by atoms with Crippen LogP contribution in [0.5, 0.6) is 5.75 Å². The summed E-state index contributed by atoms with van der Waals surface area (Å²) in [6.07, 6.45) is 3.87. The van der Waals surface area contributed by atoms with Gasteiger partial charge in [0.1, 0.15) is 15.6 Å². The molecule has 0 atom stereocenters. The highest BCUT2D eigenvalue weighted by molar-refractivity contribution is 7.17. The molecular weight excluding hydrogens is 358 g/mol. The van der Waals surface area contributed by atoms with Crippen LogP contribution in [0.2, 0.25) is 0 Å². The molecule has 138 valence electrons. The molecule has 4 rings (SSSR count). The number of hydrogen-bond donors (Lipinski definition) is 0. The molecule has 1 aromatic carbocycles. The van der Waals surface area contributed by atoms with Gasteiger partial charge in [-0.25, -0.2) is 4.98 Å². The fourth-order valence-corrected chi connectivity index (χ4v) is 4.00. The largest absolute Gasteiger partial charge is 0.497 e. The van der Waals surface area contributed by atoms with Crippen LogP contribution in [-0.4, -0.2) is 33.9 Å². The molecule has 5 nitrogen and oxygen atoms in total. The Kier molecular flexibility index (Phi) is 4.90. The van der Waals surface area contributed by atoms with Gasteiger partial charge in [-0.15, -0.1) is 11.3 Å². The van der Waals surface area contributed by atoms with Crippen molar-refractivity contribution in [2.45, 2.75) is 32.4 Å². The van der Waals surface area contributed by atoms with Crippen molar-refractivity contribution in [1.82, 2.24) is 14.9 Å². The number of carbonyl (C=O) groups excluding carboxylic acids is 1. The van der Waals surface area contributed by atoms with E-state index in [9.17, 15) is 4.79 Å². The first kappa shape index (κ1) is 17.7. The lowest BCUT2D eigenvalue weighted by molar-refractivity contribution is 0.0734. The van der Waals surface area contributed by atoms with Gasteiger partial charge in [0.15, 0.2) is 0 Å². The zero-order chi connectivity index (χ0) is 18.8. The minimum atomic E-state index is 0.0606. The smallest absolute Gasteiger partial charge is 0.266 e. The van der Waals surface area contributed by atoms with Crippen LogP contribution in [0, 0.1) is 6.92 Å². The van der Waals surface area contributed by atoms with E-state index in [-0.39, 0.29) is 5.91 Å². The number of aromatic nitrogens is 2. The number of aryl methyl sites for hydroxylation is 1. The molecule has 6 heteroatoms. The lowest BCUT2D eigenvalue weighted by Gasteiger charge is -2.22. The van der Waals surface area contributed by atoms with E-state index in [0.717, 1.165) is 40.6 Å². The maximum atomic E-state index is 13.3. The van der Waals surface area contributed by atoms with E-state index in [1.54, 1.807) is 13.3 Å². The molecule has 0 radical (unpaired) electrons. The lowest BCUT2D eigenvalue weighted by Crippen LogP contribution is -2.32. The number of benzene rings is 1. The minimum Gasteiger partial charge on any atom is -0.497 e. The molecule has 27 heavy (non-hydrogen) atoms. The average molecular weight is 379 g/mol. The molecule has 1 fully saturated rings. The number of hydrogen-bond acceptors (Lipinski definition) is 5. The van der Waals surface area contributed by atoms with Gasteiger partial charge in [-0.3, -0.25) is 9.78 Å². The molecular formula is C21H21N3O2S. The van der Waals surface area contributed by atoms with Gasteiger partial charge in [-0.2, -0.15) is 0 Å². The van der Waals surface area contributed by atoms with E-state index in [0.29, 0.717) is 17.5 Å². The Labute approximate surface area is 162 Å². The fraction of sp³-hybridized carbons (Fsp3) is 0.286. The standard InChI is InChI=1S/C21H21N3O2S/c1-14-19(27-20(23-14)18-5-3-4-12-22-18)21(25)24(16-8-9-16)13-15-6-10-17(26-2)11-7-15/h3-7,10-12,16H,8-9,13H2,1-2H3. The van der Waals surface area contributed by atoms with E-state index in [1.165, 1.54) is 11.3 Å². The van der Waals surface area contributed by atoms with Gasteiger partial charge in [0.2, 0.25) is 0 Å².